The monoisotopic (exact) mass is 481 g/mol. The lowest BCUT2D eigenvalue weighted by molar-refractivity contribution is -0.0546. The zero-order chi connectivity index (χ0) is 24.6. The number of allylic oxidation sites excluding steroid dienone is 1. The minimum atomic E-state index is -0.641. The average Bonchev–Trinajstić information content (AvgIpc) is 3.43. The first-order valence-electron chi connectivity index (χ1n) is 12.6. The maximum absolute atomic E-state index is 11.8. The van der Waals surface area contributed by atoms with Crippen molar-refractivity contribution in [3.8, 4) is 22.8 Å². The van der Waals surface area contributed by atoms with E-state index in [0.29, 0.717) is 23.2 Å². The van der Waals surface area contributed by atoms with Crippen LogP contribution in [0.25, 0.3) is 28.0 Å². The second kappa shape index (κ2) is 9.48. The summed E-state index contributed by atoms with van der Waals surface area (Å²) in [7, 11) is 1.66. The summed E-state index contributed by atoms with van der Waals surface area (Å²) >= 11 is 0. The van der Waals surface area contributed by atoms with Crippen LogP contribution in [0.3, 0.4) is 0 Å². The molecule has 7 nitrogen and oxygen atoms in total. The van der Waals surface area contributed by atoms with Gasteiger partial charge in [0.1, 0.15) is 11.4 Å². The van der Waals surface area contributed by atoms with Gasteiger partial charge in [-0.05, 0) is 79.6 Å². The van der Waals surface area contributed by atoms with Crippen LogP contribution in [-0.4, -0.2) is 56.2 Å². The quantitative estimate of drug-likeness (QED) is 0.382. The molecule has 7 rings (SSSR count). The molecule has 0 saturated carbocycles. The van der Waals surface area contributed by atoms with Gasteiger partial charge in [-0.3, -0.25) is 4.90 Å². The van der Waals surface area contributed by atoms with Gasteiger partial charge in [-0.2, -0.15) is 0 Å². The van der Waals surface area contributed by atoms with E-state index >= 15 is 0 Å². The fraction of sp³-hybridized carbons (Fsp3) is 0.345. The standard InChI is InChI=1S/C29H31N5O2/c1-3-7-20-17-33-13-12-19(20)14-28(33)29(35)24-16-26(30-25-11-10-22(36-2)15-23(24)25)27-18-34(32-31-27)21-8-5-4-6-9-21/h3-6,8-11,15-16,18-20,28-29,35H,1,7,12-14,17H2,2H3/t19?,20?,28?,29-/m1/s1. The van der Waals surface area contributed by atoms with Crippen molar-refractivity contribution >= 4 is 10.9 Å². The lowest BCUT2D eigenvalue weighted by atomic mass is 9.72. The van der Waals surface area contributed by atoms with E-state index in [1.807, 2.05) is 66.9 Å². The van der Waals surface area contributed by atoms with Crippen LogP contribution in [0.2, 0.25) is 0 Å². The Morgan fingerprint density at radius 3 is 2.78 bits per heavy atom. The summed E-state index contributed by atoms with van der Waals surface area (Å²) in [5, 5.41) is 21.5. The Labute approximate surface area is 211 Å². The first-order chi connectivity index (χ1) is 17.6. The molecule has 3 aliphatic heterocycles. The first kappa shape index (κ1) is 22.9. The van der Waals surface area contributed by atoms with Gasteiger partial charge in [0.25, 0.3) is 0 Å². The molecule has 3 saturated heterocycles. The zero-order valence-electron chi connectivity index (χ0n) is 20.5. The number of aliphatic hydroxyl groups excluding tert-OH is 1. The number of fused-ring (bicyclic) bond motifs is 4. The van der Waals surface area contributed by atoms with Gasteiger partial charge in [-0.25, -0.2) is 9.67 Å². The maximum atomic E-state index is 11.8. The van der Waals surface area contributed by atoms with Crippen molar-refractivity contribution in [1.29, 1.82) is 0 Å². The van der Waals surface area contributed by atoms with Crippen molar-refractivity contribution in [2.45, 2.75) is 31.4 Å². The predicted octanol–water partition coefficient (Wildman–Crippen LogP) is 4.81. The van der Waals surface area contributed by atoms with E-state index in [9.17, 15) is 5.11 Å². The Hall–Kier alpha value is -3.55. The average molecular weight is 482 g/mol. The molecule has 2 bridgehead atoms. The van der Waals surface area contributed by atoms with Crippen molar-refractivity contribution < 1.29 is 9.84 Å². The summed E-state index contributed by atoms with van der Waals surface area (Å²) in [4.78, 5) is 7.36. The van der Waals surface area contributed by atoms with Crippen LogP contribution in [0.15, 0.2) is 73.4 Å². The number of aromatic nitrogens is 4. The lowest BCUT2D eigenvalue weighted by Gasteiger charge is -2.51. The molecule has 1 N–H and O–H groups in total. The molecule has 7 heteroatoms. The number of hydrogen-bond acceptors (Lipinski definition) is 6. The van der Waals surface area contributed by atoms with Crippen LogP contribution in [0.1, 0.15) is 30.9 Å². The zero-order valence-corrected chi connectivity index (χ0v) is 20.5. The van der Waals surface area contributed by atoms with Crippen molar-refractivity contribution in [3.05, 3.63) is 79.0 Å². The number of hydrogen-bond donors (Lipinski definition) is 1. The molecule has 0 amide bonds. The van der Waals surface area contributed by atoms with Crippen LogP contribution < -0.4 is 4.74 Å². The normalized spacial score (nSPS) is 24.1. The van der Waals surface area contributed by atoms with Gasteiger partial charge >= 0.3 is 0 Å². The number of benzene rings is 2. The molecule has 4 unspecified atom stereocenters. The number of piperidine rings is 3. The molecule has 184 valence electrons. The third-order valence-corrected chi connectivity index (χ3v) is 7.91. The SMILES string of the molecule is C=CCC1CN2CCC1CC2[C@H](O)c1cc(-c2cn(-c3ccccc3)nn2)nc2ccc(OC)cc12. The second-order valence-corrected chi connectivity index (χ2v) is 9.94. The van der Waals surface area contributed by atoms with Gasteiger partial charge in [0.2, 0.25) is 0 Å². The third-order valence-electron chi connectivity index (χ3n) is 7.91. The van der Waals surface area contributed by atoms with E-state index in [4.69, 9.17) is 9.72 Å². The van der Waals surface area contributed by atoms with Gasteiger partial charge < -0.3 is 9.84 Å². The molecule has 0 aliphatic carbocycles. The molecular weight excluding hydrogens is 450 g/mol. The van der Waals surface area contributed by atoms with Gasteiger partial charge in [0.05, 0.1) is 36.3 Å². The van der Waals surface area contributed by atoms with E-state index in [1.165, 1.54) is 6.42 Å². The van der Waals surface area contributed by atoms with E-state index in [2.05, 4.69) is 21.8 Å². The number of pyridine rings is 1. The molecule has 2 aromatic carbocycles. The number of methoxy groups -OCH3 is 1. The minimum Gasteiger partial charge on any atom is -0.497 e. The topological polar surface area (TPSA) is 76.3 Å². The van der Waals surface area contributed by atoms with E-state index in [-0.39, 0.29) is 6.04 Å². The van der Waals surface area contributed by atoms with Crippen molar-refractivity contribution in [1.82, 2.24) is 24.9 Å². The van der Waals surface area contributed by atoms with Crippen molar-refractivity contribution in [3.63, 3.8) is 0 Å². The highest BCUT2D eigenvalue weighted by molar-refractivity contribution is 5.86. The van der Waals surface area contributed by atoms with Crippen LogP contribution in [-0.2, 0) is 0 Å². The Kier molecular flexibility index (Phi) is 6.03. The molecule has 3 fully saturated rings. The van der Waals surface area contributed by atoms with Crippen LogP contribution in [0.5, 0.6) is 5.75 Å². The number of rotatable bonds is 7. The van der Waals surface area contributed by atoms with Gasteiger partial charge in [0, 0.05) is 18.0 Å². The summed E-state index contributed by atoms with van der Waals surface area (Å²) in [6.07, 6.45) is 6.51. The summed E-state index contributed by atoms with van der Waals surface area (Å²) in [5.74, 6) is 2.01. The van der Waals surface area contributed by atoms with Crippen LogP contribution in [0.4, 0.5) is 0 Å². The predicted molar refractivity (Wildman–Crippen MR) is 140 cm³/mol. The van der Waals surface area contributed by atoms with E-state index in [0.717, 1.165) is 53.8 Å². The summed E-state index contributed by atoms with van der Waals surface area (Å²) < 4.78 is 7.25. The fourth-order valence-electron chi connectivity index (χ4n) is 6.02. The number of aliphatic hydroxyl groups is 1. The van der Waals surface area contributed by atoms with Crippen molar-refractivity contribution in [2.24, 2.45) is 11.8 Å². The molecule has 0 radical (unpaired) electrons. The van der Waals surface area contributed by atoms with E-state index in [1.54, 1.807) is 11.8 Å². The fourth-order valence-corrected chi connectivity index (χ4v) is 6.02. The molecule has 0 spiro atoms. The molecule has 3 aliphatic rings. The second-order valence-electron chi connectivity index (χ2n) is 9.94. The summed E-state index contributed by atoms with van der Waals surface area (Å²) in [6.45, 7) is 6.00. The minimum absolute atomic E-state index is 0.0782. The Morgan fingerprint density at radius 2 is 2.03 bits per heavy atom. The molecule has 5 atom stereocenters. The molecule has 5 heterocycles. The Morgan fingerprint density at radius 1 is 1.17 bits per heavy atom. The number of nitrogens with zero attached hydrogens (tertiary/aromatic N) is 5. The number of ether oxygens (including phenoxy) is 1. The summed E-state index contributed by atoms with van der Waals surface area (Å²) in [5.41, 5.74) is 3.96. The van der Waals surface area contributed by atoms with Gasteiger partial charge in [-0.1, -0.05) is 29.5 Å². The Balaban J connectivity index is 1.40. The van der Waals surface area contributed by atoms with E-state index < -0.39 is 6.10 Å². The van der Waals surface area contributed by atoms with Crippen molar-refractivity contribution in [2.75, 3.05) is 20.2 Å². The van der Waals surface area contributed by atoms with Gasteiger partial charge in [0.15, 0.2) is 0 Å². The number of para-hydroxylation sites is 1. The molecule has 2 aromatic heterocycles. The highest BCUT2D eigenvalue weighted by Gasteiger charge is 2.43. The summed E-state index contributed by atoms with van der Waals surface area (Å²) in [6, 6.07) is 17.8. The maximum Gasteiger partial charge on any atom is 0.131 e. The smallest absolute Gasteiger partial charge is 0.131 e. The van der Waals surface area contributed by atoms with Gasteiger partial charge in [-0.15, -0.1) is 11.7 Å². The molecule has 4 aromatic rings. The first-order valence-corrected chi connectivity index (χ1v) is 12.6. The Bertz CT molecular complexity index is 1390. The highest BCUT2D eigenvalue weighted by atomic mass is 16.5. The molecular formula is C29H31N5O2. The molecule has 36 heavy (non-hydrogen) atoms. The highest BCUT2D eigenvalue weighted by Crippen LogP contribution is 2.43. The van der Waals surface area contributed by atoms with Crippen LogP contribution >= 0.6 is 0 Å². The van der Waals surface area contributed by atoms with Crippen LogP contribution in [0, 0.1) is 11.8 Å². The largest absolute Gasteiger partial charge is 0.497 e. The lowest BCUT2D eigenvalue weighted by Crippen LogP contribution is -2.55. The third kappa shape index (κ3) is 4.08.